The molecule has 152 valence electrons. The fraction of sp³-hybridized carbons (Fsp3) is 0.250. The molecule has 0 saturated carbocycles. The molecule has 1 N–H and O–H groups in total. The molecule has 0 bridgehead atoms. The van der Waals surface area contributed by atoms with E-state index in [2.05, 4.69) is 15.5 Å². The van der Waals surface area contributed by atoms with Gasteiger partial charge in [0, 0.05) is 16.4 Å². The van der Waals surface area contributed by atoms with Crippen LogP contribution < -0.4 is 5.32 Å². The van der Waals surface area contributed by atoms with Crippen molar-refractivity contribution in [3.63, 3.8) is 0 Å². The van der Waals surface area contributed by atoms with E-state index >= 15 is 0 Å². The number of hydrogen-bond acceptors (Lipinski definition) is 5. The highest BCUT2D eigenvalue weighted by Crippen LogP contribution is 2.27. The van der Waals surface area contributed by atoms with E-state index in [1.54, 1.807) is 24.3 Å². The number of amides is 1. The van der Waals surface area contributed by atoms with Gasteiger partial charge in [0.05, 0.1) is 11.8 Å². The fourth-order valence-electron chi connectivity index (χ4n) is 2.60. The zero-order chi connectivity index (χ0) is 21.0. The Morgan fingerprint density at radius 1 is 1.24 bits per heavy atom. The lowest BCUT2D eigenvalue weighted by atomic mass is 10.2. The van der Waals surface area contributed by atoms with Gasteiger partial charge >= 0.3 is 0 Å². The minimum atomic E-state index is -0.403. The van der Waals surface area contributed by atoms with Crippen molar-refractivity contribution in [1.82, 2.24) is 19.7 Å². The summed E-state index contributed by atoms with van der Waals surface area (Å²) in [7, 11) is 3.93. The van der Waals surface area contributed by atoms with Gasteiger partial charge in [0.2, 0.25) is 5.91 Å². The minimum Gasteiger partial charge on any atom is -0.325 e. The van der Waals surface area contributed by atoms with E-state index in [1.807, 2.05) is 42.6 Å². The summed E-state index contributed by atoms with van der Waals surface area (Å²) in [5, 5.41) is 12.5. The normalized spacial score (nSPS) is 12.2. The molecule has 1 aromatic heterocycles. The molecule has 1 heterocycles. The largest absolute Gasteiger partial charge is 0.325 e. The lowest BCUT2D eigenvalue weighted by Crippen LogP contribution is -2.21. The van der Waals surface area contributed by atoms with Gasteiger partial charge in [-0.1, -0.05) is 29.4 Å². The highest BCUT2D eigenvalue weighted by molar-refractivity contribution is 7.99. The van der Waals surface area contributed by atoms with Crippen LogP contribution in [0.25, 0.3) is 5.69 Å². The van der Waals surface area contributed by atoms with Crippen molar-refractivity contribution in [3.8, 4) is 5.69 Å². The Hall–Kier alpha value is -2.42. The number of anilines is 1. The molecule has 3 aromatic rings. The molecule has 0 aliphatic heterocycles. The maximum atomic E-state index is 13.3. The first-order valence-electron chi connectivity index (χ1n) is 8.91. The average Bonchev–Trinajstić information content (AvgIpc) is 3.10. The van der Waals surface area contributed by atoms with Crippen molar-refractivity contribution in [3.05, 3.63) is 65.2 Å². The molecule has 1 atom stereocenters. The summed E-state index contributed by atoms with van der Waals surface area (Å²) in [4.78, 5) is 14.3. The van der Waals surface area contributed by atoms with Gasteiger partial charge in [-0.05, 0) is 63.5 Å². The first-order chi connectivity index (χ1) is 13.8. The van der Waals surface area contributed by atoms with Crippen LogP contribution in [0.2, 0.25) is 5.02 Å². The Labute approximate surface area is 178 Å². The Balaban J connectivity index is 1.81. The minimum absolute atomic E-state index is 0.00801. The first-order valence-corrected chi connectivity index (χ1v) is 10.3. The Bertz CT molecular complexity index is 993. The standard InChI is InChI=1S/C20H21ClFN5OS/c1-13(26(2)3)19-24-25-20(27(19)17-9-7-14(21)8-10-17)29-12-18(28)23-16-6-4-5-15(22)11-16/h4-11,13H,12H2,1-3H3,(H,23,28). The molecule has 3 rings (SSSR count). The number of halogens is 2. The lowest BCUT2D eigenvalue weighted by molar-refractivity contribution is -0.113. The number of nitrogens with zero attached hydrogens (tertiary/aromatic N) is 4. The maximum absolute atomic E-state index is 13.3. The third kappa shape index (κ3) is 5.35. The fourth-order valence-corrected chi connectivity index (χ4v) is 3.49. The Morgan fingerprint density at radius 3 is 2.62 bits per heavy atom. The van der Waals surface area contributed by atoms with Crippen LogP contribution in [0.15, 0.2) is 53.7 Å². The van der Waals surface area contributed by atoms with Gasteiger partial charge in [-0.3, -0.25) is 14.3 Å². The van der Waals surface area contributed by atoms with Crippen LogP contribution in [0.1, 0.15) is 18.8 Å². The highest BCUT2D eigenvalue weighted by Gasteiger charge is 2.21. The number of benzene rings is 2. The smallest absolute Gasteiger partial charge is 0.234 e. The third-order valence-electron chi connectivity index (χ3n) is 4.33. The van der Waals surface area contributed by atoms with Crippen LogP contribution >= 0.6 is 23.4 Å². The average molecular weight is 434 g/mol. The third-order valence-corrected chi connectivity index (χ3v) is 5.51. The van der Waals surface area contributed by atoms with Crippen LogP contribution in [-0.4, -0.2) is 45.4 Å². The summed E-state index contributed by atoms with van der Waals surface area (Å²) < 4.78 is 15.2. The second-order valence-electron chi connectivity index (χ2n) is 6.64. The van der Waals surface area contributed by atoms with Crippen molar-refractivity contribution in [2.75, 3.05) is 25.2 Å². The Morgan fingerprint density at radius 2 is 1.97 bits per heavy atom. The number of carbonyl (C=O) groups is 1. The van der Waals surface area contributed by atoms with E-state index < -0.39 is 5.82 Å². The van der Waals surface area contributed by atoms with E-state index in [0.717, 1.165) is 11.5 Å². The number of carbonyl (C=O) groups excluding carboxylic acids is 1. The predicted molar refractivity (Wildman–Crippen MR) is 114 cm³/mol. The van der Waals surface area contributed by atoms with E-state index in [1.165, 1.54) is 23.9 Å². The van der Waals surface area contributed by atoms with Gasteiger partial charge in [0.25, 0.3) is 0 Å². The number of rotatable bonds is 7. The number of hydrogen-bond donors (Lipinski definition) is 1. The van der Waals surface area contributed by atoms with E-state index in [-0.39, 0.29) is 17.7 Å². The van der Waals surface area contributed by atoms with Crippen LogP contribution in [0.3, 0.4) is 0 Å². The van der Waals surface area contributed by atoms with Crippen LogP contribution in [-0.2, 0) is 4.79 Å². The number of aromatic nitrogens is 3. The molecule has 9 heteroatoms. The van der Waals surface area contributed by atoms with E-state index in [4.69, 9.17) is 11.6 Å². The molecular formula is C20H21ClFN5OS. The summed E-state index contributed by atoms with van der Waals surface area (Å²) >= 11 is 7.28. The zero-order valence-corrected chi connectivity index (χ0v) is 17.8. The van der Waals surface area contributed by atoms with Crippen molar-refractivity contribution in [2.45, 2.75) is 18.1 Å². The Kier molecular flexibility index (Phi) is 6.89. The molecule has 0 spiro atoms. The van der Waals surface area contributed by atoms with Crippen molar-refractivity contribution >= 4 is 35.0 Å². The second kappa shape index (κ2) is 9.39. The molecule has 1 unspecified atom stereocenters. The van der Waals surface area contributed by atoms with Gasteiger partial charge < -0.3 is 5.32 Å². The molecular weight excluding hydrogens is 413 g/mol. The summed E-state index contributed by atoms with van der Waals surface area (Å²) in [6, 6.07) is 13.2. The van der Waals surface area contributed by atoms with E-state index in [0.29, 0.717) is 15.9 Å². The molecule has 0 radical (unpaired) electrons. The van der Waals surface area contributed by atoms with Crippen LogP contribution in [0.4, 0.5) is 10.1 Å². The monoisotopic (exact) mass is 433 g/mol. The molecule has 1 amide bonds. The van der Waals surface area contributed by atoms with Crippen molar-refractivity contribution < 1.29 is 9.18 Å². The summed E-state index contributed by atoms with van der Waals surface area (Å²) in [5.74, 6) is 0.206. The molecule has 0 fully saturated rings. The second-order valence-corrected chi connectivity index (χ2v) is 8.02. The predicted octanol–water partition coefficient (Wildman–Crippen LogP) is 4.41. The van der Waals surface area contributed by atoms with Gasteiger partial charge in [-0.15, -0.1) is 10.2 Å². The van der Waals surface area contributed by atoms with Crippen molar-refractivity contribution in [1.29, 1.82) is 0 Å². The number of nitrogens with one attached hydrogen (secondary N) is 1. The van der Waals surface area contributed by atoms with Crippen LogP contribution in [0, 0.1) is 5.82 Å². The van der Waals surface area contributed by atoms with Crippen molar-refractivity contribution in [2.24, 2.45) is 0 Å². The lowest BCUT2D eigenvalue weighted by Gasteiger charge is -2.20. The topological polar surface area (TPSA) is 63.1 Å². The molecule has 29 heavy (non-hydrogen) atoms. The SMILES string of the molecule is CC(c1nnc(SCC(=O)Nc2cccc(F)c2)n1-c1ccc(Cl)cc1)N(C)C. The van der Waals surface area contributed by atoms with Gasteiger partial charge in [0.15, 0.2) is 11.0 Å². The van der Waals surface area contributed by atoms with Gasteiger partial charge in [0.1, 0.15) is 5.82 Å². The van der Waals surface area contributed by atoms with Gasteiger partial charge in [-0.2, -0.15) is 0 Å². The molecule has 0 saturated heterocycles. The first kappa shape index (κ1) is 21.3. The molecule has 0 aliphatic rings. The van der Waals surface area contributed by atoms with E-state index in [9.17, 15) is 9.18 Å². The quantitative estimate of drug-likeness (QED) is 0.559. The molecule has 0 aliphatic carbocycles. The zero-order valence-electron chi connectivity index (χ0n) is 16.3. The summed E-state index contributed by atoms with van der Waals surface area (Å²) in [6.07, 6.45) is 0. The molecule has 6 nitrogen and oxygen atoms in total. The number of thioether (sulfide) groups is 1. The summed E-state index contributed by atoms with van der Waals surface area (Å²) in [5.41, 5.74) is 1.27. The summed E-state index contributed by atoms with van der Waals surface area (Å²) in [6.45, 7) is 2.03. The molecule has 2 aromatic carbocycles. The maximum Gasteiger partial charge on any atom is 0.234 e. The van der Waals surface area contributed by atoms with Crippen LogP contribution in [0.5, 0.6) is 0 Å². The van der Waals surface area contributed by atoms with Gasteiger partial charge in [-0.25, -0.2) is 4.39 Å². The highest BCUT2D eigenvalue weighted by atomic mass is 35.5.